The van der Waals surface area contributed by atoms with Crippen molar-refractivity contribution in [3.63, 3.8) is 0 Å². The zero-order valence-corrected chi connectivity index (χ0v) is 14.0. The fourth-order valence-corrected chi connectivity index (χ4v) is 2.54. The van der Waals surface area contributed by atoms with E-state index in [9.17, 15) is 4.79 Å². The average Bonchev–Trinajstić information content (AvgIpc) is 2.58. The molecule has 1 unspecified atom stereocenters. The van der Waals surface area contributed by atoms with Crippen molar-refractivity contribution >= 4 is 16.7 Å². The Balaban J connectivity index is 2.08. The number of ether oxygens (including phenoxy) is 1. The Hall–Kier alpha value is -2.07. The summed E-state index contributed by atoms with van der Waals surface area (Å²) in [4.78, 5) is 12.3. The Morgan fingerprint density at radius 1 is 1.17 bits per heavy atom. The first-order valence-electron chi connectivity index (χ1n) is 8.01. The first kappa shape index (κ1) is 17.3. The van der Waals surface area contributed by atoms with Gasteiger partial charge in [0.25, 0.3) is 0 Å². The number of benzene rings is 2. The lowest BCUT2D eigenvalue weighted by molar-refractivity contribution is -0.122. The highest BCUT2D eigenvalue weighted by Crippen LogP contribution is 2.25. The van der Waals surface area contributed by atoms with Crippen molar-refractivity contribution in [2.45, 2.75) is 26.2 Å². The van der Waals surface area contributed by atoms with E-state index < -0.39 is 0 Å². The summed E-state index contributed by atoms with van der Waals surface area (Å²) in [5.41, 5.74) is 0.995. The van der Waals surface area contributed by atoms with E-state index in [1.165, 1.54) is 0 Å². The molecular weight excluding hydrogens is 290 g/mol. The van der Waals surface area contributed by atoms with Crippen LogP contribution in [0, 0.1) is 5.92 Å². The van der Waals surface area contributed by atoms with Gasteiger partial charge in [-0.15, -0.1) is 0 Å². The van der Waals surface area contributed by atoms with Crippen LogP contribution in [0.4, 0.5) is 0 Å². The third-order valence-corrected chi connectivity index (χ3v) is 4.21. The molecule has 0 saturated carbocycles. The molecule has 0 spiro atoms. The zero-order chi connectivity index (χ0) is 16.8. The van der Waals surface area contributed by atoms with Gasteiger partial charge in [-0.1, -0.05) is 31.2 Å². The van der Waals surface area contributed by atoms with Gasteiger partial charge in [0.15, 0.2) is 0 Å². The molecule has 124 valence electrons. The number of carbonyl (C=O) groups is 1. The molecule has 2 rings (SSSR count). The molecule has 0 bridgehead atoms. The number of rotatable bonds is 7. The van der Waals surface area contributed by atoms with E-state index in [2.05, 4.69) is 11.4 Å². The molecule has 0 aliphatic heterocycles. The fraction of sp³-hybridized carbons (Fsp3) is 0.421. The van der Waals surface area contributed by atoms with E-state index in [4.69, 9.17) is 9.84 Å². The van der Waals surface area contributed by atoms with Gasteiger partial charge in [0.1, 0.15) is 5.75 Å². The highest BCUT2D eigenvalue weighted by molar-refractivity contribution is 5.88. The van der Waals surface area contributed by atoms with Crippen LogP contribution >= 0.6 is 0 Å². The molecule has 1 amide bonds. The lowest BCUT2D eigenvalue weighted by Crippen LogP contribution is -2.32. The SMILES string of the molecule is COc1ccc2cc([C@H](C)C(=O)NCC(C)CCO)ccc2c1. The van der Waals surface area contributed by atoms with Crippen LogP contribution in [0.1, 0.15) is 31.7 Å². The molecule has 0 aliphatic carbocycles. The van der Waals surface area contributed by atoms with Crippen molar-refractivity contribution in [1.29, 1.82) is 0 Å². The zero-order valence-electron chi connectivity index (χ0n) is 14.0. The minimum absolute atomic E-state index is 0.0163. The molecule has 23 heavy (non-hydrogen) atoms. The highest BCUT2D eigenvalue weighted by Gasteiger charge is 2.16. The lowest BCUT2D eigenvalue weighted by atomic mass is 9.96. The molecule has 2 aromatic carbocycles. The smallest absolute Gasteiger partial charge is 0.227 e. The predicted molar refractivity (Wildman–Crippen MR) is 92.8 cm³/mol. The van der Waals surface area contributed by atoms with Crippen LogP contribution in [0.5, 0.6) is 5.75 Å². The van der Waals surface area contributed by atoms with E-state index in [1.807, 2.05) is 44.2 Å². The number of amides is 1. The van der Waals surface area contributed by atoms with Crippen LogP contribution in [0.25, 0.3) is 10.8 Å². The summed E-state index contributed by atoms with van der Waals surface area (Å²) in [6.07, 6.45) is 0.701. The number of hydrogen-bond donors (Lipinski definition) is 2. The maximum absolute atomic E-state index is 12.3. The summed E-state index contributed by atoms with van der Waals surface area (Å²) >= 11 is 0. The van der Waals surface area contributed by atoms with Crippen molar-refractivity contribution in [3.05, 3.63) is 42.0 Å². The largest absolute Gasteiger partial charge is 0.497 e. The van der Waals surface area contributed by atoms with Gasteiger partial charge >= 0.3 is 0 Å². The van der Waals surface area contributed by atoms with Crippen LogP contribution in [0.3, 0.4) is 0 Å². The number of nitrogens with one attached hydrogen (secondary N) is 1. The molecular formula is C19H25NO3. The maximum Gasteiger partial charge on any atom is 0.227 e. The number of methoxy groups -OCH3 is 1. The van der Waals surface area contributed by atoms with Crippen molar-refractivity contribution in [1.82, 2.24) is 5.32 Å². The van der Waals surface area contributed by atoms with Gasteiger partial charge in [-0.3, -0.25) is 4.79 Å². The molecule has 0 fully saturated rings. The van der Waals surface area contributed by atoms with Crippen LogP contribution in [-0.2, 0) is 4.79 Å². The number of aliphatic hydroxyl groups is 1. The van der Waals surface area contributed by atoms with Crippen LogP contribution in [0.15, 0.2) is 36.4 Å². The summed E-state index contributed by atoms with van der Waals surface area (Å²) in [5.74, 6) is 0.916. The van der Waals surface area contributed by atoms with E-state index in [0.29, 0.717) is 13.0 Å². The summed E-state index contributed by atoms with van der Waals surface area (Å²) in [6.45, 7) is 4.68. The molecule has 2 aromatic rings. The first-order chi connectivity index (χ1) is 11.0. The Kier molecular flexibility index (Phi) is 5.99. The number of fused-ring (bicyclic) bond motifs is 1. The summed E-state index contributed by atoms with van der Waals surface area (Å²) in [6, 6.07) is 12.0. The molecule has 0 heterocycles. The minimum atomic E-state index is -0.206. The molecule has 0 saturated heterocycles. The second-order valence-corrected chi connectivity index (χ2v) is 6.06. The number of hydrogen-bond acceptors (Lipinski definition) is 3. The summed E-state index contributed by atoms with van der Waals surface area (Å²) < 4.78 is 5.23. The lowest BCUT2D eigenvalue weighted by Gasteiger charge is -2.16. The minimum Gasteiger partial charge on any atom is -0.497 e. The molecule has 2 atom stereocenters. The van der Waals surface area contributed by atoms with Gasteiger partial charge in [-0.05, 0) is 47.7 Å². The first-order valence-corrected chi connectivity index (χ1v) is 8.01. The van der Waals surface area contributed by atoms with Crippen molar-refractivity contribution in [3.8, 4) is 5.75 Å². The molecule has 0 aliphatic rings. The average molecular weight is 315 g/mol. The van der Waals surface area contributed by atoms with E-state index >= 15 is 0 Å². The van der Waals surface area contributed by atoms with Crippen LogP contribution in [-0.4, -0.2) is 31.3 Å². The second kappa shape index (κ2) is 7.97. The standard InChI is InChI=1S/C19H25NO3/c1-13(8-9-21)12-20-19(22)14(2)15-4-5-17-11-18(23-3)7-6-16(17)10-15/h4-7,10-11,13-14,21H,8-9,12H2,1-3H3,(H,20,22)/t13?,14-/m0/s1. The van der Waals surface area contributed by atoms with Gasteiger partial charge < -0.3 is 15.2 Å². The third-order valence-electron chi connectivity index (χ3n) is 4.21. The topological polar surface area (TPSA) is 58.6 Å². The van der Waals surface area contributed by atoms with E-state index in [1.54, 1.807) is 7.11 Å². The van der Waals surface area contributed by atoms with Crippen molar-refractivity contribution < 1.29 is 14.6 Å². The van der Waals surface area contributed by atoms with Gasteiger partial charge in [-0.25, -0.2) is 0 Å². The van der Waals surface area contributed by atoms with Crippen molar-refractivity contribution in [2.24, 2.45) is 5.92 Å². The molecule has 2 N–H and O–H groups in total. The molecule has 0 aromatic heterocycles. The molecule has 4 heteroatoms. The number of aliphatic hydroxyl groups excluding tert-OH is 1. The quantitative estimate of drug-likeness (QED) is 0.825. The maximum atomic E-state index is 12.3. The Labute approximate surface area is 137 Å². The Bertz CT molecular complexity index is 669. The van der Waals surface area contributed by atoms with E-state index in [-0.39, 0.29) is 24.3 Å². The van der Waals surface area contributed by atoms with Gasteiger partial charge in [0, 0.05) is 13.2 Å². The predicted octanol–water partition coefficient (Wildman–Crippen LogP) is 3.09. The second-order valence-electron chi connectivity index (χ2n) is 6.06. The van der Waals surface area contributed by atoms with Gasteiger partial charge in [0.05, 0.1) is 13.0 Å². The molecule has 0 radical (unpaired) electrons. The summed E-state index contributed by atoms with van der Waals surface area (Å²) in [5, 5.41) is 14.1. The van der Waals surface area contributed by atoms with E-state index in [0.717, 1.165) is 22.1 Å². The van der Waals surface area contributed by atoms with Crippen molar-refractivity contribution in [2.75, 3.05) is 20.3 Å². The molecule has 4 nitrogen and oxygen atoms in total. The van der Waals surface area contributed by atoms with Gasteiger partial charge in [-0.2, -0.15) is 0 Å². The monoisotopic (exact) mass is 315 g/mol. The highest BCUT2D eigenvalue weighted by atomic mass is 16.5. The Morgan fingerprint density at radius 2 is 1.87 bits per heavy atom. The van der Waals surface area contributed by atoms with Crippen LogP contribution < -0.4 is 10.1 Å². The fourth-order valence-electron chi connectivity index (χ4n) is 2.54. The third kappa shape index (κ3) is 4.45. The Morgan fingerprint density at radius 3 is 2.57 bits per heavy atom. The number of carbonyl (C=O) groups excluding carboxylic acids is 1. The van der Waals surface area contributed by atoms with Crippen LogP contribution in [0.2, 0.25) is 0 Å². The normalized spacial score (nSPS) is 13.6. The van der Waals surface area contributed by atoms with Gasteiger partial charge in [0.2, 0.25) is 5.91 Å². The summed E-state index contributed by atoms with van der Waals surface area (Å²) in [7, 11) is 1.65.